The van der Waals surface area contributed by atoms with Crippen molar-refractivity contribution in [2.24, 2.45) is 5.73 Å². The molecule has 1 heterocycles. The van der Waals surface area contributed by atoms with Crippen LogP contribution in [0.2, 0.25) is 0 Å². The molecule has 0 aromatic heterocycles. The molecule has 1 aliphatic heterocycles. The maximum absolute atomic E-state index is 12.6. The molecule has 2 aliphatic rings. The number of urea groups is 1. The van der Waals surface area contributed by atoms with E-state index in [1.165, 1.54) is 12.8 Å². The maximum Gasteiger partial charge on any atom is 0.324 e. The van der Waals surface area contributed by atoms with Gasteiger partial charge < -0.3 is 10.6 Å². The molecule has 1 aromatic rings. The summed E-state index contributed by atoms with van der Waals surface area (Å²) in [4.78, 5) is 16.5. The first kappa shape index (κ1) is 14.4. The number of benzene rings is 1. The van der Waals surface area contributed by atoms with Gasteiger partial charge in [-0.2, -0.15) is 0 Å². The minimum atomic E-state index is -0.262. The molecule has 0 radical (unpaired) electrons. The Morgan fingerprint density at radius 3 is 2.43 bits per heavy atom. The molecule has 0 spiro atoms. The highest BCUT2D eigenvalue weighted by molar-refractivity contribution is 5.95. The molecule has 114 valence electrons. The van der Waals surface area contributed by atoms with Crippen LogP contribution in [0.3, 0.4) is 0 Å². The second kappa shape index (κ2) is 5.34. The highest BCUT2D eigenvalue weighted by atomic mass is 16.2. The van der Waals surface area contributed by atoms with E-state index in [0.717, 1.165) is 37.2 Å². The van der Waals surface area contributed by atoms with Crippen molar-refractivity contribution in [3.05, 3.63) is 29.8 Å². The number of nitrogens with zero attached hydrogens (tertiary/aromatic N) is 2. The predicted octanol–water partition coefficient (Wildman–Crippen LogP) is 3.07. The number of carbonyl (C=O) groups excluding carboxylic acids is 1. The van der Waals surface area contributed by atoms with Crippen molar-refractivity contribution in [3.8, 4) is 0 Å². The van der Waals surface area contributed by atoms with Gasteiger partial charge in [0, 0.05) is 24.7 Å². The van der Waals surface area contributed by atoms with Crippen LogP contribution in [-0.4, -0.2) is 30.1 Å². The summed E-state index contributed by atoms with van der Waals surface area (Å²) in [5.74, 6) is 0. The number of amides is 2. The third-order valence-corrected chi connectivity index (χ3v) is 4.89. The molecule has 1 aromatic carbocycles. The lowest BCUT2D eigenvalue weighted by Gasteiger charge is -2.30. The van der Waals surface area contributed by atoms with Gasteiger partial charge in [-0.1, -0.05) is 31.0 Å². The molecule has 2 N–H and O–H groups in total. The summed E-state index contributed by atoms with van der Waals surface area (Å²) in [5, 5.41) is 0. The van der Waals surface area contributed by atoms with Gasteiger partial charge in [-0.25, -0.2) is 4.79 Å². The Kier molecular flexibility index (Phi) is 3.66. The Bertz CT molecular complexity index is 535. The van der Waals surface area contributed by atoms with Crippen LogP contribution in [0.15, 0.2) is 24.3 Å². The first-order chi connectivity index (χ1) is 10.0. The van der Waals surface area contributed by atoms with Gasteiger partial charge in [-0.15, -0.1) is 0 Å². The van der Waals surface area contributed by atoms with Crippen molar-refractivity contribution in [2.45, 2.75) is 51.1 Å². The number of hydrogen-bond donors (Lipinski definition) is 1. The Morgan fingerprint density at radius 2 is 1.81 bits per heavy atom. The third-order valence-electron chi connectivity index (χ3n) is 4.89. The lowest BCUT2D eigenvalue weighted by Crippen LogP contribution is -2.39. The van der Waals surface area contributed by atoms with Crippen molar-refractivity contribution in [1.29, 1.82) is 0 Å². The fraction of sp³-hybridized carbons (Fsp3) is 0.588. The molecular formula is C17H25N3O. The average molecular weight is 287 g/mol. The Morgan fingerprint density at radius 1 is 1.14 bits per heavy atom. The fourth-order valence-corrected chi connectivity index (χ4v) is 3.66. The predicted molar refractivity (Wildman–Crippen MR) is 85.4 cm³/mol. The molecule has 0 bridgehead atoms. The van der Waals surface area contributed by atoms with Gasteiger partial charge in [0.05, 0.1) is 5.69 Å². The first-order valence-corrected chi connectivity index (χ1v) is 7.99. The molecule has 4 heteroatoms. The molecule has 2 fully saturated rings. The standard InChI is InChI=1S/C17H25N3O/c1-13(2)19-11-12-20(16(19)21)15-8-4-3-7-14(15)17(18)9-5-6-10-17/h3-4,7-8,13H,5-6,9-12,18H2,1-2H3. The van der Waals surface area contributed by atoms with E-state index < -0.39 is 0 Å². The average Bonchev–Trinajstić information content (AvgIpc) is 3.06. The zero-order valence-electron chi connectivity index (χ0n) is 13.0. The van der Waals surface area contributed by atoms with Gasteiger partial charge >= 0.3 is 6.03 Å². The molecule has 1 saturated heterocycles. The summed E-state index contributed by atoms with van der Waals surface area (Å²) >= 11 is 0. The zero-order chi connectivity index (χ0) is 15.0. The molecular weight excluding hydrogens is 262 g/mol. The van der Waals surface area contributed by atoms with Crippen LogP contribution in [0.4, 0.5) is 10.5 Å². The normalized spacial score (nSPS) is 21.6. The van der Waals surface area contributed by atoms with E-state index in [0.29, 0.717) is 0 Å². The molecule has 21 heavy (non-hydrogen) atoms. The molecule has 0 unspecified atom stereocenters. The molecule has 0 atom stereocenters. The molecule has 2 amide bonds. The van der Waals surface area contributed by atoms with Gasteiger partial charge in [-0.3, -0.25) is 4.90 Å². The number of rotatable bonds is 3. The molecule has 4 nitrogen and oxygen atoms in total. The summed E-state index contributed by atoms with van der Waals surface area (Å²) in [7, 11) is 0. The monoisotopic (exact) mass is 287 g/mol. The van der Waals surface area contributed by atoms with Crippen molar-refractivity contribution >= 4 is 11.7 Å². The third kappa shape index (κ3) is 2.42. The first-order valence-electron chi connectivity index (χ1n) is 7.99. The van der Waals surface area contributed by atoms with Crippen LogP contribution in [0, 0.1) is 0 Å². The Hall–Kier alpha value is -1.55. The highest BCUT2D eigenvalue weighted by Crippen LogP contribution is 2.41. The second-order valence-electron chi connectivity index (χ2n) is 6.60. The lowest BCUT2D eigenvalue weighted by molar-refractivity contribution is 0.209. The van der Waals surface area contributed by atoms with Gasteiger partial charge in [0.15, 0.2) is 0 Å². The van der Waals surface area contributed by atoms with Gasteiger partial charge in [0.2, 0.25) is 0 Å². The zero-order valence-corrected chi connectivity index (χ0v) is 13.0. The summed E-state index contributed by atoms with van der Waals surface area (Å²) in [6.45, 7) is 5.68. The van der Waals surface area contributed by atoms with E-state index in [9.17, 15) is 4.79 Å². The minimum Gasteiger partial charge on any atom is -0.321 e. The van der Waals surface area contributed by atoms with Gasteiger partial charge in [-0.05, 0) is 38.3 Å². The molecule has 1 saturated carbocycles. The maximum atomic E-state index is 12.6. The summed E-state index contributed by atoms with van der Waals surface area (Å²) < 4.78 is 0. The number of nitrogens with two attached hydrogens (primary N) is 1. The quantitative estimate of drug-likeness (QED) is 0.929. The minimum absolute atomic E-state index is 0.110. The van der Waals surface area contributed by atoms with E-state index in [4.69, 9.17) is 5.73 Å². The van der Waals surface area contributed by atoms with Crippen LogP contribution < -0.4 is 10.6 Å². The highest BCUT2D eigenvalue weighted by Gasteiger charge is 2.38. The number of carbonyl (C=O) groups is 1. The van der Waals surface area contributed by atoms with E-state index in [2.05, 4.69) is 19.9 Å². The Labute approximate surface area is 126 Å². The van der Waals surface area contributed by atoms with Crippen molar-refractivity contribution in [2.75, 3.05) is 18.0 Å². The van der Waals surface area contributed by atoms with E-state index in [1.54, 1.807) is 0 Å². The van der Waals surface area contributed by atoms with E-state index in [-0.39, 0.29) is 17.6 Å². The van der Waals surface area contributed by atoms with Crippen molar-refractivity contribution < 1.29 is 4.79 Å². The van der Waals surface area contributed by atoms with Crippen molar-refractivity contribution in [3.63, 3.8) is 0 Å². The van der Waals surface area contributed by atoms with Crippen LogP contribution in [0.25, 0.3) is 0 Å². The van der Waals surface area contributed by atoms with E-state index >= 15 is 0 Å². The van der Waals surface area contributed by atoms with Crippen molar-refractivity contribution in [1.82, 2.24) is 4.90 Å². The summed E-state index contributed by atoms with van der Waals surface area (Å²) in [6.07, 6.45) is 4.38. The number of para-hydroxylation sites is 1. The summed E-state index contributed by atoms with van der Waals surface area (Å²) in [5.41, 5.74) is 8.52. The van der Waals surface area contributed by atoms with Crippen LogP contribution >= 0.6 is 0 Å². The SMILES string of the molecule is CC(C)N1CCN(c2ccccc2C2(N)CCCC2)C1=O. The fourth-order valence-electron chi connectivity index (χ4n) is 3.66. The Balaban J connectivity index is 1.95. The number of hydrogen-bond acceptors (Lipinski definition) is 2. The van der Waals surface area contributed by atoms with Gasteiger partial charge in [0.25, 0.3) is 0 Å². The lowest BCUT2D eigenvalue weighted by atomic mass is 9.88. The van der Waals surface area contributed by atoms with Crippen LogP contribution in [0.5, 0.6) is 0 Å². The van der Waals surface area contributed by atoms with Crippen LogP contribution in [0.1, 0.15) is 45.1 Å². The molecule has 3 rings (SSSR count). The smallest absolute Gasteiger partial charge is 0.321 e. The summed E-state index contributed by atoms with van der Waals surface area (Å²) in [6, 6.07) is 8.54. The largest absolute Gasteiger partial charge is 0.324 e. The van der Waals surface area contributed by atoms with Gasteiger partial charge in [0.1, 0.15) is 0 Å². The van der Waals surface area contributed by atoms with E-state index in [1.807, 2.05) is 28.0 Å². The topological polar surface area (TPSA) is 49.6 Å². The number of anilines is 1. The second-order valence-corrected chi connectivity index (χ2v) is 6.60. The van der Waals surface area contributed by atoms with Crippen LogP contribution in [-0.2, 0) is 5.54 Å². The molecule has 1 aliphatic carbocycles.